The van der Waals surface area contributed by atoms with Gasteiger partial charge >= 0.3 is 0 Å². The largest absolute Gasteiger partial charge is 0.345 e. The van der Waals surface area contributed by atoms with E-state index in [4.69, 9.17) is 0 Å². The molecule has 0 fully saturated rings. The van der Waals surface area contributed by atoms with Gasteiger partial charge in [-0.25, -0.2) is 0 Å². The Morgan fingerprint density at radius 3 is 2.27 bits per heavy atom. The Morgan fingerprint density at radius 2 is 1.61 bits per heavy atom. The van der Waals surface area contributed by atoms with E-state index in [1.54, 1.807) is 32.9 Å². The van der Waals surface area contributed by atoms with E-state index in [2.05, 4.69) is 25.6 Å². The number of carbonyl (C=O) groups excluding carboxylic acids is 2. The van der Waals surface area contributed by atoms with E-state index in [0.29, 0.717) is 0 Å². The number of amides is 2. The van der Waals surface area contributed by atoms with Crippen molar-refractivity contribution < 1.29 is 18.0 Å². The van der Waals surface area contributed by atoms with Gasteiger partial charge in [0.1, 0.15) is 0 Å². The zero-order valence-electron chi connectivity index (χ0n) is 18.6. The van der Waals surface area contributed by atoms with Crippen LogP contribution in [-0.4, -0.2) is 30.4 Å². The smallest absolute Gasteiger partial charge is 0.291 e. The summed E-state index contributed by atoms with van der Waals surface area (Å²) >= 11 is 0.721. The van der Waals surface area contributed by atoms with Crippen LogP contribution < -0.4 is 15.4 Å². The molecule has 11 heteroatoms. The van der Waals surface area contributed by atoms with Crippen molar-refractivity contribution >= 4 is 44.0 Å². The molecule has 3 rings (SSSR count). The lowest BCUT2D eigenvalue weighted by atomic mass is 9.96. The van der Waals surface area contributed by atoms with E-state index in [1.807, 2.05) is 37.3 Å². The third kappa shape index (κ3) is 6.14. The fraction of sp³-hybridized carbons (Fsp3) is 0.273. The van der Waals surface area contributed by atoms with Crippen LogP contribution in [0.1, 0.15) is 49.7 Å². The lowest BCUT2D eigenvalue weighted by molar-refractivity contribution is -0.123. The van der Waals surface area contributed by atoms with Gasteiger partial charge in [-0.2, -0.15) is 8.42 Å². The number of nitrogens with one attached hydrogen (secondary N) is 3. The highest BCUT2D eigenvalue weighted by Gasteiger charge is 2.26. The van der Waals surface area contributed by atoms with Gasteiger partial charge < -0.3 is 10.6 Å². The van der Waals surface area contributed by atoms with Gasteiger partial charge in [-0.1, -0.05) is 74.6 Å². The Kier molecular flexibility index (Phi) is 7.13. The first-order valence-electron chi connectivity index (χ1n) is 10.1. The van der Waals surface area contributed by atoms with Crippen molar-refractivity contribution in [3.8, 4) is 0 Å². The molecule has 2 aromatic carbocycles. The number of rotatable bonds is 7. The van der Waals surface area contributed by atoms with Crippen LogP contribution >= 0.6 is 11.3 Å². The summed E-state index contributed by atoms with van der Waals surface area (Å²) in [6, 6.07) is 15.4. The summed E-state index contributed by atoms with van der Waals surface area (Å²) in [7, 11) is -4.14. The van der Waals surface area contributed by atoms with Gasteiger partial charge in [0.25, 0.3) is 20.3 Å². The zero-order chi connectivity index (χ0) is 24.2. The number of carbonyl (C=O) groups is 2. The van der Waals surface area contributed by atoms with Crippen LogP contribution in [0, 0.1) is 5.41 Å². The average Bonchev–Trinajstić information content (AvgIpc) is 3.23. The fourth-order valence-corrected chi connectivity index (χ4v) is 4.69. The first-order chi connectivity index (χ1) is 15.5. The Morgan fingerprint density at radius 1 is 0.970 bits per heavy atom. The number of aromatic nitrogens is 2. The van der Waals surface area contributed by atoms with Gasteiger partial charge in [-0.3, -0.25) is 14.3 Å². The number of hydrogen-bond donors (Lipinski definition) is 3. The van der Waals surface area contributed by atoms with Crippen LogP contribution in [0.3, 0.4) is 0 Å². The fourth-order valence-electron chi connectivity index (χ4n) is 2.71. The molecule has 33 heavy (non-hydrogen) atoms. The lowest BCUT2D eigenvalue weighted by Crippen LogP contribution is -2.28. The second-order valence-electron chi connectivity index (χ2n) is 8.33. The van der Waals surface area contributed by atoms with Crippen LogP contribution in [0.5, 0.6) is 0 Å². The van der Waals surface area contributed by atoms with Gasteiger partial charge in [0.15, 0.2) is 0 Å². The maximum atomic E-state index is 12.9. The quantitative estimate of drug-likeness (QED) is 0.435. The van der Waals surface area contributed by atoms with Gasteiger partial charge in [0.05, 0.1) is 17.3 Å². The van der Waals surface area contributed by atoms with Crippen molar-refractivity contribution in [2.45, 2.75) is 38.1 Å². The first-order valence-corrected chi connectivity index (χ1v) is 12.4. The van der Waals surface area contributed by atoms with Crippen LogP contribution in [0.4, 0.5) is 10.8 Å². The van der Waals surface area contributed by atoms with E-state index in [1.165, 1.54) is 12.1 Å². The van der Waals surface area contributed by atoms with Crippen LogP contribution in [-0.2, 0) is 14.8 Å². The topological polar surface area (TPSA) is 130 Å². The maximum Gasteiger partial charge on any atom is 0.291 e. The molecule has 9 nitrogen and oxygen atoms in total. The predicted molar refractivity (Wildman–Crippen MR) is 128 cm³/mol. The van der Waals surface area contributed by atoms with E-state index in [9.17, 15) is 18.0 Å². The summed E-state index contributed by atoms with van der Waals surface area (Å²) in [4.78, 5) is 25.0. The van der Waals surface area contributed by atoms with Crippen molar-refractivity contribution in [1.82, 2.24) is 15.5 Å². The van der Waals surface area contributed by atoms with Gasteiger partial charge in [-0.15, -0.1) is 10.2 Å². The second-order valence-corrected chi connectivity index (χ2v) is 11.2. The van der Waals surface area contributed by atoms with E-state index in [-0.39, 0.29) is 32.7 Å². The molecule has 0 spiro atoms. The molecular weight excluding hydrogens is 462 g/mol. The van der Waals surface area contributed by atoms with Gasteiger partial charge in [0, 0.05) is 5.41 Å². The molecule has 3 N–H and O–H groups in total. The van der Waals surface area contributed by atoms with Crippen molar-refractivity contribution in [2.75, 3.05) is 10.0 Å². The standard InChI is InChI=1S/C22H25N5O4S2/c1-14(15-10-6-5-7-11-15)23-18(28)16-12-8-9-13-17(16)27-33(30,31)21-26-25-20(32-21)24-19(29)22(2,3)4/h5-14,27H,1-4H3,(H,23,28)(H,24,25,29)/t14-/m0/s1. The molecule has 0 aliphatic rings. The molecule has 1 atom stereocenters. The third-order valence-electron chi connectivity index (χ3n) is 4.60. The number of benzene rings is 2. The number of hydrogen-bond acceptors (Lipinski definition) is 7. The van der Waals surface area contributed by atoms with E-state index in [0.717, 1.165) is 16.9 Å². The number of anilines is 2. The molecule has 0 unspecified atom stereocenters. The minimum Gasteiger partial charge on any atom is -0.345 e. The highest BCUT2D eigenvalue weighted by Crippen LogP contribution is 2.26. The summed E-state index contributed by atoms with van der Waals surface area (Å²) in [5.41, 5.74) is 0.509. The van der Waals surface area contributed by atoms with Gasteiger partial charge in [-0.05, 0) is 24.6 Å². The normalized spacial score (nSPS) is 12.6. The minimum absolute atomic E-state index is 0.0676. The van der Waals surface area contributed by atoms with Crippen LogP contribution in [0.2, 0.25) is 0 Å². The molecule has 3 aromatic rings. The Hall–Kier alpha value is -3.31. The highest BCUT2D eigenvalue weighted by molar-refractivity contribution is 7.94. The Bertz CT molecular complexity index is 1250. The molecule has 1 heterocycles. The first kappa shape index (κ1) is 24.3. The number of para-hydroxylation sites is 1. The minimum atomic E-state index is -4.14. The molecule has 0 saturated heterocycles. The van der Waals surface area contributed by atoms with Gasteiger partial charge in [0.2, 0.25) is 11.0 Å². The SMILES string of the molecule is C[C@H](NC(=O)c1ccccc1NS(=O)(=O)c1nnc(NC(=O)C(C)(C)C)s1)c1ccccc1. The van der Waals surface area contributed by atoms with Crippen molar-refractivity contribution in [3.05, 3.63) is 65.7 Å². The molecule has 0 saturated carbocycles. The molecule has 1 aromatic heterocycles. The molecule has 0 aliphatic carbocycles. The molecule has 0 bridgehead atoms. The van der Waals surface area contributed by atoms with Crippen molar-refractivity contribution in [1.29, 1.82) is 0 Å². The average molecular weight is 488 g/mol. The Labute approximate surface area is 196 Å². The van der Waals surface area contributed by atoms with Crippen LogP contribution in [0.15, 0.2) is 58.9 Å². The van der Waals surface area contributed by atoms with Crippen molar-refractivity contribution in [2.24, 2.45) is 5.41 Å². The highest BCUT2D eigenvalue weighted by atomic mass is 32.2. The molecule has 0 radical (unpaired) electrons. The zero-order valence-corrected chi connectivity index (χ0v) is 20.3. The summed E-state index contributed by atoms with van der Waals surface area (Å²) in [5.74, 6) is -0.745. The molecular formula is C22H25N5O4S2. The Balaban J connectivity index is 1.77. The van der Waals surface area contributed by atoms with Crippen LogP contribution in [0.25, 0.3) is 0 Å². The summed E-state index contributed by atoms with van der Waals surface area (Å²) < 4.78 is 27.8. The number of nitrogens with zero attached hydrogens (tertiary/aromatic N) is 2. The monoisotopic (exact) mass is 487 g/mol. The third-order valence-corrected chi connectivity index (χ3v) is 7.17. The number of sulfonamides is 1. The molecule has 2 amide bonds. The molecule has 0 aliphatic heterocycles. The summed E-state index contributed by atoms with van der Waals surface area (Å²) in [5, 5.41) is 12.9. The van der Waals surface area contributed by atoms with Crippen molar-refractivity contribution in [3.63, 3.8) is 0 Å². The maximum absolute atomic E-state index is 12.9. The summed E-state index contributed by atoms with van der Waals surface area (Å²) in [6.45, 7) is 7.02. The second kappa shape index (κ2) is 9.67. The summed E-state index contributed by atoms with van der Waals surface area (Å²) in [6.07, 6.45) is 0. The predicted octanol–water partition coefficient (Wildman–Crippen LogP) is 3.81. The van der Waals surface area contributed by atoms with E-state index < -0.39 is 21.3 Å². The van der Waals surface area contributed by atoms with E-state index >= 15 is 0 Å². The lowest BCUT2D eigenvalue weighted by Gasteiger charge is -2.16. The molecule has 174 valence electrons.